The van der Waals surface area contributed by atoms with E-state index in [1.165, 1.54) is 12.8 Å². The second kappa shape index (κ2) is 2.59. The largest absolute Gasteiger partial charge is 0.377 e. The average Bonchev–Trinajstić information content (AvgIpc) is 2.49. The molecule has 1 spiro atoms. The van der Waals surface area contributed by atoms with Crippen LogP contribution in [0.1, 0.15) is 19.3 Å². The van der Waals surface area contributed by atoms with Crippen LogP contribution in [0.15, 0.2) is 0 Å². The van der Waals surface area contributed by atoms with E-state index >= 15 is 0 Å². The summed E-state index contributed by atoms with van der Waals surface area (Å²) in [6, 6.07) is 0. The molecular weight excluding hydrogens is 200 g/mol. The van der Waals surface area contributed by atoms with Gasteiger partial charge >= 0.3 is 0 Å². The molecule has 1 saturated heterocycles. The molecule has 0 aromatic carbocycles. The highest BCUT2D eigenvalue weighted by molar-refractivity contribution is 8.13. The summed E-state index contributed by atoms with van der Waals surface area (Å²) in [6.07, 6.45) is 3.09. The Morgan fingerprint density at radius 2 is 2.17 bits per heavy atom. The van der Waals surface area contributed by atoms with E-state index in [1.54, 1.807) is 0 Å². The Balaban J connectivity index is 1.92. The number of halogens is 1. The van der Waals surface area contributed by atoms with Crippen LogP contribution < -0.4 is 0 Å². The Morgan fingerprint density at radius 1 is 1.50 bits per heavy atom. The van der Waals surface area contributed by atoms with Crippen molar-refractivity contribution in [2.75, 3.05) is 12.4 Å². The van der Waals surface area contributed by atoms with Crippen LogP contribution in [-0.4, -0.2) is 26.9 Å². The second-order valence-electron chi connectivity index (χ2n) is 3.84. The molecule has 2 fully saturated rings. The van der Waals surface area contributed by atoms with Crippen LogP contribution in [0.2, 0.25) is 0 Å². The van der Waals surface area contributed by atoms with Gasteiger partial charge in [0, 0.05) is 10.7 Å². The van der Waals surface area contributed by atoms with Crippen LogP contribution >= 0.6 is 10.7 Å². The van der Waals surface area contributed by atoms with Crippen LogP contribution in [0.5, 0.6) is 0 Å². The first-order chi connectivity index (χ1) is 5.49. The normalized spacial score (nSPS) is 32.6. The first-order valence-electron chi connectivity index (χ1n) is 4.03. The van der Waals surface area contributed by atoms with Gasteiger partial charge in [0.15, 0.2) is 0 Å². The fraction of sp³-hybridized carbons (Fsp3) is 1.00. The molecule has 3 nitrogen and oxygen atoms in total. The molecule has 5 heteroatoms. The molecular formula is C7H11ClO3S. The summed E-state index contributed by atoms with van der Waals surface area (Å²) in [5.74, 6) is -0.0314. The van der Waals surface area contributed by atoms with E-state index in [1.807, 2.05) is 0 Å². The third-order valence-corrected chi connectivity index (χ3v) is 3.78. The number of hydrogen-bond acceptors (Lipinski definition) is 3. The van der Waals surface area contributed by atoms with E-state index in [4.69, 9.17) is 15.4 Å². The highest BCUT2D eigenvalue weighted by atomic mass is 35.7. The Kier molecular flexibility index (Phi) is 1.90. The molecule has 1 aliphatic heterocycles. The van der Waals surface area contributed by atoms with Crippen LogP contribution in [0.25, 0.3) is 0 Å². The van der Waals surface area contributed by atoms with Gasteiger partial charge in [-0.1, -0.05) is 0 Å². The molecule has 70 valence electrons. The van der Waals surface area contributed by atoms with Gasteiger partial charge in [-0.05, 0) is 24.7 Å². The van der Waals surface area contributed by atoms with Gasteiger partial charge < -0.3 is 4.74 Å². The lowest BCUT2D eigenvalue weighted by atomic mass is 10.0. The lowest BCUT2D eigenvalue weighted by Gasteiger charge is -2.04. The molecule has 0 aromatic heterocycles. The Hall–Kier alpha value is 0.200. The van der Waals surface area contributed by atoms with E-state index in [9.17, 15) is 8.42 Å². The molecule has 0 N–H and O–H groups in total. The van der Waals surface area contributed by atoms with Crippen LogP contribution in [-0.2, 0) is 13.8 Å². The molecule has 0 radical (unpaired) electrons. The quantitative estimate of drug-likeness (QED) is 0.642. The van der Waals surface area contributed by atoms with Gasteiger partial charge in [0.2, 0.25) is 9.05 Å². The predicted octanol–water partition coefficient (Wildman–Crippen LogP) is 1.12. The topological polar surface area (TPSA) is 43.4 Å². The smallest absolute Gasteiger partial charge is 0.235 e. The molecule has 1 heterocycles. The van der Waals surface area contributed by atoms with Crippen LogP contribution in [0.3, 0.4) is 0 Å². The molecule has 1 atom stereocenters. The maximum atomic E-state index is 10.7. The van der Waals surface area contributed by atoms with Gasteiger partial charge in [-0.15, -0.1) is 0 Å². The zero-order valence-electron chi connectivity index (χ0n) is 6.62. The molecule has 1 aliphatic carbocycles. The molecule has 1 saturated carbocycles. The monoisotopic (exact) mass is 210 g/mol. The fourth-order valence-electron chi connectivity index (χ4n) is 1.75. The summed E-state index contributed by atoms with van der Waals surface area (Å²) >= 11 is 0. The lowest BCUT2D eigenvalue weighted by molar-refractivity contribution is 0.120. The highest BCUT2D eigenvalue weighted by Crippen LogP contribution is 2.53. The summed E-state index contributed by atoms with van der Waals surface area (Å²) in [4.78, 5) is 0. The zero-order valence-corrected chi connectivity index (χ0v) is 8.20. The standard InChI is InChI=1S/C7H11ClO3S/c8-12(9,10)4-6-3-7(1-2-7)5-11-6/h6H,1-5H2. The lowest BCUT2D eigenvalue weighted by Crippen LogP contribution is -2.16. The van der Waals surface area contributed by atoms with E-state index in [0.717, 1.165) is 13.0 Å². The van der Waals surface area contributed by atoms with Gasteiger partial charge in [0.05, 0.1) is 18.5 Å². The third-order valence-electron chi connectivity index (χ3n) is 2.63. The summed E-state index contributed by atoms with van der Waals surface area (Å²) in [6.45, 7) is 0.726. The predicted molar refractivity (Wildman–Crippen MR) is 45.7 cm³/mol. The Morgan fingerprint density at radius 3 is 2.58 bits per heavy atom. The second-order valence-corrected chi connectivity index (χ2v) is 6.66. The van der Waals surface area contributed by atoms with Crippen molar-refractivity contribution in [1.82, 2.24) is 0 Å². The van der Waals surface area contributed by atoms with Gasteiger partial charge in [0.25, 0.3) is 0 Å². The zero-order chi connectivity index (χ0) is 8.82. The Labute approximate surface area is 76.5 Å². The average molecular weight is 211 g/mol. The molecule has 0 bridgehead atoms. The van der Waals surface area contributed by atoms with Crippen LogP contribution in [0, 0.1) is 5.41 Å². The minimum Gasteiger partial charge on any atom is -0.377 e. The maximum Gasteiger partial charge on any atom is 0.235 e. The summed E-state index contributed by atoms with van der Waals surface area (Å²) in [5.41, 5.74) is 0.340. The molecule has 0 aromatic rings. The Bertz CT molecular complexity index is 281. The van der Waals surface area contributed by atoms with Crippen molar-refractivity contribution in [2.45, 2.75) is 25.4 Å². The van der Waals surface area contributed by atoms with Crippen molar-refractivity contribution < 1.29 is 13.2 Å². The van der Waals surface area contributed by atoms with Gasteiger partial charge in [-0.3, -0.25) is 0 Å². The van der Waals surface area contributed by atoms with E-state index in [2.05, 4.69) is 0 Å². The number of hydrogen-bond donors (Lipinski definition) is 0. The SMILES string of the molecule is O=S(=O)(Cl)CC1CC2(CC2)CO1. The van der Waals surface area contributed by atoms with Crippen molar-refractivity contribution in [3.05, 3.63) is 0 Å². The van der Waals surface area contributed by atoms with Gasteiger partial charge in [0.1, 0.15) is 0 Å². The van der Waals surface area contributed by atoms with Crippen molar-refractivity contribution in [1.29, 1.82) is 0 Å². The van der Waals surface area contributed by atoms with Gasteiger partial charge in [-0.2, -0.15) is 0 Å². The van der Waals surface area contributed by atoms with Crippen molar-refractivity contribution >= 4 is 19.7 Å². The minimum atomic E-state index is -3.38. The summed E-state index contributed by atoms with van der Waals surface area (Å²) in [7, 11) is 1.74. The third kappa shape index (κ3) is 1.92. The minimum absolute atomic E-state index is 0.0314. The summed E-state index contributed by atoms with van der Waals surface area (Å²) in [5, 5.41) is 0. The number of rotatable bonds is 2. The number of ether oxygens (including phenoxy) is 1. The first-order valence-corrected chi connectivity index (χ1v) is 6.51. The summed E-state index contributed by atoms with van der Waals surface area (Å²) < 4.78 is 26.8. The van der Waals surface area contributed by atoms with Crippen LogP contribution in [0.4, 0.5) is 0 Å². The maximum absolute atomic E-state index is 10.7. The van der Waals surface area contributed by atoms with Crippen molar-refractivity contribution in [3.8, 4) is 0 Å². The first kappa shape index (κ1) is 8.78. The molecule has 12 heavy (non-hydrogen) atoms. The van der Waals surface area contributed by atoms with E-state index in [0.29, 0.717) is 5.41 Å². The highest BCUT2D eigenvalue weighted by Gasteiger charge is 2.49. The van der Waals surface area contributed by atoms with Gasteiger partial charge in [-0.25, -0.2) is 8.42 Å². The molecule has 2 aliphatic rings. The fourth-order valence-corrected chi connectivity index (χ4v) is 2.83. The molecule has 0 amide bonds. The molecule has 2 rings (SSSR count). The molecule has 1 unspecified atom stereocenters. The van der Waals surface area contributed by atoms with Crippen molar-refractivity contribution in [2.24, 2.45) is 5.41 Å². The van der Waals surface area contributed by atoms with Crippen molar-refractivity contribution in [3.63, 3.8) is 0 Å². The van der Waals surface area contributed by atoms with E-state index < -0.39 is 9.05 Å². The van der Waals surface area contributed by atoms with E-state index in [-0.39, 0.29) is 11.9 Å².